The highest BCUT2D eigenvalue weighted by molar-refractivity contribution is 4.98. The summed E-state index contributed by atoms with van der Waals surface area (Å²) < 4.78 is 0. The number of fused-ring (bicyclic) bond motifs is 1. The van der Waals surface area contributed by atoms with Crippen LogP contribution in [-0.4, -0.2) is 22.4 Å². The van der Waals surface area contributed by atoms with Crippen molar-refractivity contribution in [2.24, 2.45) is 35.5 Å². The highest BCUT2D eigenvalue weighted by Gasteiger charge is 2.49. The van der Waals surface area contributed by atoms with E-state index in [9.17, 15) is 10.2 Å². The lowest BCUT2D eigenvalue weighted by Gasteiger charge is -2.33. The first-order chi connectivity index (χ1) is 8.43. The number of rotatable bonds is 2. The van der Waals surface area contributed by atoms with Gasteiger partial charge in [-0.25, -0.2) is 0 Å². The van der Waals surface area contributed by atoms with Crippen molar-refractivity contribution >= 4 is 0 Å². The molecule has 2 nitrogen and oxygen atoms in total. The first-order valence-corrected chi connectivity index (χ1v) is 7.79. The molecule has 2 rings (SSSR count). The third-order valence-electron chi connectivity index (χ3n) is 5.61. The molecular formula is C16H30O2. The average Bonchev–Trinajstić information content (AvgIpc) is 2.50. The van der Waals surface area contributed by atoms with Crippen LogP contribution in [0.5, 0.6) is 0 Å². The van der Waals surface area contributed by atoms with Crippen molar-refractivity contribution < 1.29 is 10.2 Å². The number of aliphatic hydroxyl groups is 2. The molecule has 2 aliphatic rings. The fraction of sp³-hybridized carbons (Fsp3) is 1.00. The Morgan fingerprint density at radius 3 is 1.94 bits per heavy atom. The smallest absolute Gasteiger partial charge is 0.0626 e. The fourth-order valence-electron chi connectivity index (χ4n) is 4.47. The first kappa shape index (κ1) is 14.3. The monoisotopic (exact) mass is 254 g/mol. The van der Waals surface area contributed by atoms with Crippen LogP contribution < -0.4 is 0 Å². The van der Waals surface area contributed by atoms with Gasteiger partial charge in [0.1, 0.15) is 0 Å². The Hall–Kier alpha value is -0.0800. The molecule has 2 aliphatic carbocycles. The Morgan fingerprint density at radius 2 is 1.39 bits per heavy atom. The van der Waals surface area contributed by atoms with Gasteiger partial charge in [-0.1, -0.05) is 34.1 Å². The third kappa shape index (κ3) is 2.46. The minimum absolute atomic E-state index is 0.132. The molecule has 0 aliphatic heterocycles. The van der Waals surface area contributed by atoms with Gasteiger partial charge in [-0.3, -0.25) is 0 Å². The van der Waals surface area contributed by atoms with E-state index in [1.807, 2.05) is 0 Å². The van der Waals surface area contributed by atoms with Gasteiger partial charge in [0.05, 0.1) is 12.2 Å². The van der Waals surface area contributed by atoms with Crippen LogP contribution in [-0.2, 0) is 0 Å². The predicted octanol–water partition coefficient (Wildman–Crippen LogP) is 3.07. The SMILES string of the molecule is CC(C)[C@H]1CCCC2C[C@H](C(C)C)C(O)C2C1O. The van der Waals surface area contributed by atoms with Gasteiger partial charge in [0, 0.05) is 5.92 Å². The lowest BCUT2D eigenvalue weighted by atomic mass is 9.79. The molecule has 2 fully saturated rings. The third-order valence-corrected chi connectivity index (χ3v) is 5.61. The van der Waals surface area contributed by atoms with Crippen molar-refractivity contribution in [3.8, 4) is 0 Å². The molecule has 2 saturated carbocycles. The molecule has 2 heteroatoms. The molecule has 18 heavy (non-hydrogen) atoms. The van der Waals surface area contributed by atoms with Crippen LogP contribution in [0.25, 0.3) is 0 Å². The summed E-state index contributed by atoms with van der Waals surface area (Å²) in [5, 5.41) is 21.3. The van der Waals surface area contributed by atoms with Crippen molar-refractivity contribution in [2.45, 2.75) is 65.6 Å². The Labute approximate surface area is 112 Å². The van der Waals surface area contributed by atoms with E-state index in [-0.39, 0.29) is 18.1 Å². The molecule has 0 saturated heterocycles. The normalized spacial score (nSPS) is 45.3. The van der Waals surface area contributed by atoms with Crippen LogP contribution in [0.4, 0.5) is 0 Å². The van der Waals surface area contributed by atoms with Crippen LogP contribution in [0.2, 0.25) is 0 Å². The molecule has 0 aromatic rings. The van der Waals surface area contributed by atoms with Gasteiger partial charge in [-0.15, -0.1) is 0 Å². The summed E-state index contributed by atoms with van der Waals surface area (Å²) in [4.78, 5) is 0. The zero-order valence-corrected chi connectivity index (χ0v) is 12.3. The van der Waals surface area contributed by atoms with E-state index in [0.29, 0.717) is 29.6 Å². The second-order valence-corrected chi connectivity index (χ2v) is 7.30. The second kappa shape index (κ2) is 5.50. The Morgan fingerprint density at radius 1 is 0.833 bits per heavy atom. The Balaban J connectivity index is 2.18. The highest BCUT2D eigenvalue weighted by Crippen LogP contribution is 2.49. The summed E-state index contributed by atoms with van der Waals surface area (Å²) in [6.07, 6.45) is 4.08. The van der Waals surface area contributed by atoms with Crippen LogP contribution in [0.15, 0.2) is 0 Å². The largest absolute Gasteiger partial charge is 0.392 e. The molecule has 0 aromatic heterocycles. The summed E-state index contributed by atoms with van der Waals surface area (Å²) in [6, 6.07) is 0. The molecule has 6 atom stereocenters. The Bertz CT molecular complexity index is 272. The molecule has 0 aromatic carbocycles. The van der Waals surface area contributed by atoms with E-state index >= 15 is 0 Å². The van der Waals surface area contributed by atoms with E-state index in [1.54, 1.807) is 0 Å². The molecule has 2 N–H and O–H groups in total. The van der Waals surface area contributed by atoms with E-state index < -0.39 is 0 Å². The van der Waals surface area contributed by atoms with E-state index in [1.165, 1.54) is 12.8 Å². The van der Waals surface area contributed by atoms with Crippen molar-refractivity contribution in [3.63, 3.8) is 0 Å². The summed E-state index contributed by atoms with van der Waals surface area (Å²) >= 11 is 0. The average molecular weight is 254 g/mol. The number of hydrogen-bond donors (Lipinski definition) is 2. The molecule has 0 radical (unpaired) electrons. The van der Waals surface area contributed by atoms with Gasteiger partial charge in [0.2, 0.25) is 0 Å². The topological polar surface area (TPSA) is 40.5 Å². The van der Waals surface area contributed by atoms with E-state index in [0.717, 1.165) is 12.8 Å². The lowest BCUT2D eigenvalue weighted by molar-refractivity contribution is -0.0388. The predicted molar refractivity (Wildman–Crippen MR) is 74.1 cm³/mol. The summed E-state index contributed by atoms with van der Waals surface area (Å²) in [5.74, 6) is 2.49. The van der Waals surface area contributed by atoms with Gasteiger partial charge in [-0.2, -0.15) is 0 Å². The summed E-state index contributed by atoms with van der Waals surface area (Å²) in [5.41, 5.74) is 0. The first-order valence-electron chi connectivity index (χ1n) is 7.79. The molecule has 0 bridgehead atoms. The number of aliphatic hydroxyl groups excluding tert-OH is 2. The van der Waals surface area contributed by atoms with Crippen LogP contribution in [0, 0.1) is 35.5 Å². The molecular weight excluding hydrogens is 224 g/mol. The summed E-state index contributed by atoms with van der Waals surface area (Å²) in [6.45, 7) is 8.81. The van der Waals surface area contributed by atoms with Crippen LogP contribution >= 0.6 is 0 Å². The van der Waals surface area contributed by atoms with Crippen molar-refractivity contribution in [1.82, 2.24) is 0 Å². The van der Waals surface area contributed by atoms with Crippen LogP contribution in [0.1, 0.15) is 53.4 Å². The summed E-state index contributed by atoms with van der Waals surface area (Å²) in [7, 11) is 0. The van der Waals surface area contributed by atoms with Gasteiger partial charge < -0.3 is 10.2 Å². The maximum atomic E-state index is 10.7. The fourth-order valence-corrected chi connectivity index (χ4v) is 4.47. The minimum atomic E-state index is -0.295. The van der Waals surface area contributed by atoms with Gasteiger partial charge >= 0.3 is 0 Å². The van der Waals surface area contributed by atoms with Crippen molar-refractivity contribution in [1.29, 1.82) is 0 Å². The lowest BCUT2D eigenvalue weighted by Crippen LogP contribution is -2.39. The maximum Gasteiger partial charge on any atom is 0.0626 e. The Kier molecular flexibility index (Phi) is 4.38. The van der Waals surface area contributed by atoms with E-state index in [2.05, 4.69) is 27.7 Å². The molecule has 106 valence electrons. The minimum Gasteiger partial charge on any atom is -0.392 e. The van der Waals surface area contributed by atoms with Gasteiger partial charge in [-0.05, 0) is 48.9 Å². The second-order valence-electron chi connectivity index (χ2n) is 7.30. The van der Waals surface area contributed by atoms with Crippen molar-refractivity contribution in [2.75, 3.05) is 0 Å². The van der Waals surface area contributed by atoms with E-state index in [4.69, 9.17) is 0 Å². The quantitative estimate of drug-likeness (QED) is 0.795. The molecule has 4 unspecified atom stereocenters. The maximum absolute atomic E-state index is 10.7. The van der Waals surface area contributed by atoms with Crippen LogP contribution in [0.3, 0.4) is 0 Å². The standard InChI is InChI=1S/C16H30O2/c1-9(2)12-7-5-6-11-8-13(10(3)4)16(18)14(11)15(12)17/h9-18H,5-8H2,1-4H3/t11?,12-,13-,14?,15?,16?/m1/s1. The molecule has 0 amide bonds. The van der Waals surface area contributed by atoms with Gasteiger partial charge in [0.25, 0.3) is 0 Å². The molecule has 0 heterocycles. The molecule has 0 spiro atoms. The van der Waals surface area contributed by atoms with Gasteiger partial charge in [0.15, 0.2) is 0 Å². The highest BCUT2D eigenvalue weighted by atomic mass is 16.3. The zero-order valence-electron chi connectivity index (χ0n) is 12.3. The van der Waals surface area contributed by atoms with Crippen molar-refractivity contribution in [3.05, 3.63) is 0 Å². The zero-order chi connectivity index (χ0) is 13.4. The number of hydrogen-bond acceptors (Lipinski definition) is 2.